The van der Waals surface area contributed by atoms with E-state index in [0.29, 0.717) is 18.9 Å². The van der Waals surface area contributed by atoms with Gasteiger partial charge in [0, 0.05) is 46.5 Å². The maximum Gasteiger partial charge on any atom is 0.319 e. The van der Waals surface area contributed by atoms with Crippen molar-refractivity contribution in [3.8, 4) is 0 Å². The Morgan fingerprint density at radius 2 is 2.00 bits per heavy atom. The van der Waals surface area contributed by atoms with E-state index in [-0.39, 0.29) is 17.9 Å². The van der Waals surface area contributed by atoms with Gasteiger partial charge in [0.05, 0.1) is 0 Å². The molecular formula is C14H21FN4O. The predicted octanol–water partition coefficient (Wildman–Crippen LogP) is 1.80. The number of pyridine rings is 1. The second-order valence-electron chi connectivity index (χ2n) is 5.31. The van der Waals surface area contributed by atoms with Gasteiger partial charge in [-0.3, -0.25) is 0 Å². The first-order chi connectivity index (χ1) is 9.50. The lowest BCUT2D eigenvalue weighted by Gasteiger charge is -2.38. The number of aromatic nitrogens is 1. The molecule has 0 N–H and O–H groups in total. The van der Waals surface area contributed by atoms with Crippen LogP contribution in [0.15, 0.2) is 18.3 Å². The van der Waals surface area contributed by atoms with Crippen LogP contribution in [0.3, 0.4) is 0 Å². The molecule has 6 heteroatoms. The first kappa shape index (κ1) is 14.6. The fourth-order valence-corrected chi connectivity index (χ4v) is 2.55. The second-order valence-corrected chi connectivity index (χ2v) is 5.31. The number of amides is 2. The molecule has 1 fully saturated rings. The maximum absolute atomic E-state index is 13.7. The highest BCUT2D eigenvalue weighted by Crippen LogP contribution is 2.22. The average molecular weight is 280 g/mol. The molecular weight excluding hydrogens is 259 g/mol. The van der Waals surface area contributed by atoms with E-state index in [1.54, 1.807) is 36.2 Å². The Hall–Kier alpha value is -1.85. The van der Waals surface area contributed by atoms with E-state index in [9.17, 15) is 9.18 Å². The topological polar surface area (TPSA) is 39.7 Å². The summed E-state index contributed by atoms with van der Waals surface area (Å²) in [6, 6.07) is 3.23. The predicted molar refractivity (Wildman–Crippen MR) is 76.3 cm³/mol. The fraction of sp³-hybridized carbons (Fsp3) is 0.571. The highest BCUT2D eigenvalue weighted by atomic mass is 19.1. The standard InChI is InChI=1S/C14H21FN4O/c1-17(2)14(20)18(3)11-6-9-19(10-7-11)13-12(15)5-4-8-16-13/h4-5,8,11H,6-7,9-10H2,1-3H3. The van der Waals surface area contributed by atoms with Crippen LogP contribution in [0, 0.1) is 5.82 Å². The molecule has 1 aliphatic rings. The summed E-state index contributed by atoms with van der Waals surface area (Å²) < 4.78 is 13.7. The number of nitrogens with zero attached hydrogens (tertiary/aromatic N) is 4. The lowest BCUT2D eigenvalue weighted by Crippen LogP contribution is -2.48. The van der Waals surface area contributed by atoms with E-state index in [0.717, 1.165) is 12.8 Å². The number of rotatable bonds is 2. The number of halogens is 1. The van der Waals surface area contributed by atoms with Crippen molar-refractivity contribution in [2.45, 2.75) is 18.9 Å². The zero-order valence-electron chi connectivity index (χ0n) is 12.2. The third-order valence-electron chi connectivity index (χ3n) is 3.74. The van der Waals surface area contributed by atoms with Gasteiger partial charge >= 0.3 is 6.03 Å². The van der Waals surface area contributed by atoms with Crippen molar-refractivity contribution in [2.75, 3.05) is 39.1 Å². The Kier molecular flexibility index (Phi) is 4.42. The zero-order valence-corrected chi connectivity index (χ0v) is 12.2. The zero-order chi connectivity index (χ0) is 14.7. The number of urea groups is 1. The molecule has 5 nitrogen and oxygen atoms in total. The minimum Gasteiger partial charge on any atom is -0.354 e. The summed E-state index contributed by atoms with van der Waals surface area (Å²) in [7, 11) is 5.32. The van der Waals surface area contributed by atoms with E-state index in [1.165, 1.54) is 6.07 Å². The molecule has 2 amide bonds. The Balaban J connectivity index is 1.96. The van der Waals surface area contributed by atoms with Crippen LogP contribution in [0.1, 0.15) is 12.8 Å². The molecule has 0 saturated carbocycles. The molecule has 1 aromatic rings. The molecule has 2 heterocycles. The van der Waals surface area contributed by atoms with Crippen molar-refractivity contribution in [3.63, 3.8) is 0 Å². The van der Waals surface area contributed by atoms with Crippen molar-refractivity contribution in [2.24, 2.45) is 0 Å². The molecule has 0 bridgehead atoms. The van der Waals surface area contributed by atoms with Crippen LogP contribution in [-0.4, -0.2) is 61.1 Å². The molecule has 0 unspecified atom stereocenters. The summed E-state index contributed by atoms with van der Waals surface area (Å²) in [5.41, 5.74) is 0. The number of carbonyl (C=O) groups is 1. The molecule has 1 saturated heterocycles. The van der Waals surface area contributed by atoms with Gasteiger partial charge in [-0.05, 0) is 25.0 Å². The van der Waals surface area contributed by atoms with Crippen molar-refractivity contribution in [1.82, 2.24) is 14.8 Å². The number of piperidine rings is 1. The Labute approximate surface area is 119 Å². The summed E-state index contributed by atoms with van der Waals surface area (Å²) in [6.45, 7) is 1.42. The monoisotopic (exact) mass is 280 g/mol. The SMILES string of the molecule is CN(C)C(=O)N(C)C1CCN(c2ncccc2F)CC1. The van der Waals surface area contributed by atoms with E-state index < -0.39 is 0 Å². The van der Waals surface area contributed by atoms with Gasteiger partial charge in [0.25, 0.3) is 0 Å². The molecule has 1 aliphatic heterocycles. The molecule has 0 atom stereocenters. The van der Waals surface area contributed by atoms with Crippen molar-refractivity contribution in [3.05, 3.63) is 24.1 Å². The number of carbonyl (C=O) groups excluding carboxylic acids is 1. The first-order valence-corrected chi connectivity index (χ1v) is 6.80. The van der Waals surface area contributed by atoms with Gasteiger partial charge in [0.15, 0.2) is 11.6 Å². The molecule has 110 valence electrons. The molecule has 0 radical (unpaired) electrons. The fourth-order valence-electron chi connectivity index (χ4n) is 2.55. The summed E-state index contributed by atoms with van der Waals surface area (Å²) >= 11 is 0. The number of anilines is 1. The Bertz CT molecular complexity index is 472. The van der Waals surface area contributed by atoms with E-state index in [2.05, 4.69) is 4.98 Å². The third kappa shape index (κ3) is 3.00. The molecule has 0 aromatic carbocycles. The van der Waals surface area contributed by atoms with Crippen LogP contribution in [0.5, 0.6) is 0 Å². The van der Waals surface area contributed by atoms with Crippen LogP contribution < -0.4 is 4.90 Å². The van der Waals surface area contributed by atoms with Crippen molar-refractivity contribution in [1.29, 1.82) is 0 Å². The Morgan fingerprint density at radius 3 is 2.55 bits per heavy atom. The Morgan fingerprint density at radius 1 is 1.35 bits per heavy atom. The van der Waals surface area contributed by atoms with Crippen LogP contribution in [0.4, 0.5) is 15.0 Å². The molecule has 2 rings (SSSR count). The van der Waals surface area contributed by atoms with Gasteiger partial charge in [-0.15, -0.1) is 0 Å². The van der Waals surface area contributed by atoms with Crippen LogP contribution in [0.25, 0.3) is 0 Å². The first-order valence-electron chi connectivity index (χ1n) is 6.80. The van der Waals surface area contributed by atoms with Gasteiger partial charge in [0.2, 0.25) is 0 Å². The van der Waals surface area contributed by atoms with Gasteiger partial charge in [-0.1, -0.05) is 0 Å². The van der Waals surface area contributed by atoms with Crippen LogP contribution >= 0.6 is 0 Å². The number of hydrogen-bond acceptors (Lipinski definition) is 3. The highest BCUT2D eigenvalue weighted by Gasteiger charge is 2.27. The van der Waals surface area contributed by atoms with Crippen molar-refractivity contribution < 1.29 is 9.18 Å². The van der Waals surface area contributed by atoms with Gasteiger partial charge < -0.3 is 14.7 Å². The molecule has 0 spiro atoms. The molecule has 1 aromatic heterocycles. The summed E-state index contributed by atoms with van der Waals surface area (Å²) in [6.07, 6.45) is 3.25. The van der Waals surface area contributed by atoms with E-state index in [4.69, 9.17) is 0 Å². The lowest BCUT2D eigenvalue weighted by molar-refractivity contribution is 0.155. The van der Waals surface area contributed by atoms with Crippen LogP contribution in [0.2, 0.25) is 0 Å². The second kappa shape index (κ2) is 6.07. The largest absolute Gasteiger partial charge is 0.354 e. The van der Waals surface area contributed by atoms with Gasteiger partial charge in [-0.25, -0.2) is 14.2 Å². The quantitative estimate of drug-likeness (QED) is 0.829. The summed E-state index contributed by atoms with van der Waals surface area (Å²) in [5.74, 6) is 0.121. The summed E-state index contributed by atoms with van der Waals surface area (Å²) in [5, 5.41) is 0. The lowest BCUT2D eigenvalue weighted by atomic mass is 10.0. The van der Waals surface area contributed by atoms with E-state index >= 15 is 0 Å². The molecule has 20 heavy (non-hydrogen) atoms. The van der Waals surface area contributed by atoms with Gasteiger partial charge in [0.1, 0.15) is 0 Å². The average Bonchev–Trinajstić information content (AvgIpc) is 2.46. The smallest absolute Gasteiger partial charge is 0.319 e. The van der Waals surface area contributed by atoms with Crippen molar-refractivity contribution >= 4 is 11.8 Å². The van der Waals surface area contributed by atoms with E-state index in [1.807, 2.05) is 11.9 Å². The maximum atomic E-state index is 13.7. The van der Waals surface area contributed by atoms with Crippen LogP contribution in [-0.2, 0) is 0 Å². The number of hydrogen-bond donors (Lipinski definition) is 0. The summed E-state index contributed by atoms with van der Waals surface area (Å²) in [4.78, 5) is 21.3. The minimum atomic E-state index is -0.288. The normalized spacial score (nSPS) is 16.1. The highest BCUT2D eigenvalue weighted by molar-refractivity contribution is 5.73. The minimum absolute atomic E-state index is 0.00691. The molecule has 0 aliphatic carbocycles. The van der Waals surface area contributed by atoms with Gasteiger partial charge in [-0.2, -0.15) is 0 Å². The third-order valence-corrected chi connectivity index (χ3v) is 3.74.